The summed E-state index contributed by atoms with van der Waals surface area (Å²) in [4.78, 5) is 262. The van der Waals surface area contributed by atoms with Gasteiger partial charge in [0.2, 0.25) is 5.78 Å². The summed E-state index contributed by atoms with van der Waals surface area (Å²) in [6.07, 6.45) is -0.912. The lowest BCUT2D eigenvalue weighted by atomic mass is 9.66. The van der Waals surface area contributed by atoms with Crippen LogP contribution < -0.4 is 0 Å². The number of Topliss-reactive ketones (excluding diaryl/α,β-unsaturated/α-hetero) is 11. The molecule has 2 aliphatic rings. The first-order valence-electron chi connectivity index (χ1n) is 33.1. The molecular formula is C71H108O44. The zero-order chi connectivity index (χ0) is 94.1. The third-order valence-electron chi connectivity index (χ3n) is 13.4. The molecule has 18 N–H and O–H groups in total. The molecule has 0 aromatic rings. The van der Waals surface area contributed by atoms with Crippen molar-refractivity contribution < 1.29 is 217 Å². The van der Waals surface area contributed by atoms with Gasteiger partial charge in [0, 0.05) is 51.2 Å². The number of aliphatic carboxylic acids is 13. The van der Waals surface area contributed by atoms with Crippen molar-refractivity contribution >= 4 is 153 Å². The van der Waals surface area contributed by atoms with E-state index in [9.17, 15) is 125 Å². The maximum atomic E-state index is 10.8. The first-order chi connectivity index (χ1) is 51.8. The van der Waals surface area contributed by atoms with Crippen LogP contribution in [-0.2, 0) is 125 Å². The molecule has 656 valence electrons. The van der Waals surface area contributed by atoms with E-state index in [1.54, 1.807) is 0 Å². The first-order valence-corrected chi connectivity index (χ1v) is 33.1. The average Bonchev–Trinajstić information content (AvgIpc) is 1.74. The fourth-order valence-corrected chi connectivity index (χ4v) is 5.49. The van der Waals surface area contributed by atoms with Gasteiger partial charge in [0.25, 0.3) is 0 Å². The molecule has 44 nitrogen and oxygen atoms in total. The van der Waals surface area contributed by atoms with Gasteiger partial charge in [-0.15, -0.1) is 0 Å². The quantitative estimate of drug-likeness (QED) is 0.0185. The molecule has 0 bridgehead atoms. The fourth-order valence-electron chi connectivity index (χ4n) is 5.49. The summed E-state index contributed by atoms with van der Waals surface area (Å²) in [5, 5.41) is 150. The predicted molar refractivity (Wildman–Crippen MR) is 388 cm³/mol. The summed E-state index contributed by atoms with van der Waals surface area (Å²) in [5.41, 5.74) is -3.19. The Morgan fingerprint density at radius 2 is 0.678 bits per heavy atom. The van der Waals surface area contributed by atoms with E-state index in [4.69, 9.17) is 91.9 Å². The number of unbranched alkanes of at least 4 members (excludes halogenated alkanes) is 1. The van der Waals surface area contributed by atoms with Crippen molar-refractivity contribution in [3.63, 3.8) is 0 Å². The number of hydrogen-bond acceptors (Lipinski definition) is 31. The number of allylic oxidation sites excluding steroid dienone is 2. The predicted octanol–water partition coefficient (Wildman–Crippen LogP) is 1.40. The Bertz CT molecular complexity index is 3120. The zero-order valence-electron chi connectivity index (χ0n) is 66.3. The lowest BCUT2D eigenvalue weighted by Crippen LogP contribution is -2.49. The Balaban J connectivity index is -0.000000114. The van der Waals surface area contributed by atoms with Crippen LogP contribution in [0.5, 0.6) is 0 Å². The second-order valence-corrected chi connectivity index (χ2v) is 24.5. The maximum absolute atomic E-state index is 10.8. The Morgan fingerprint density at radius 3 is 0.800 bits per heavy atom. The van der Waals surface area contributed by atoms with E-state index in [0.717, 1.165) is 51.5 Å². The van der Waals surface area contributed by atoms with Gasteiger partial charge in [-0.3, -0.25) is 91.1 Å². The molecule has 2 fully saturated rings. The van der Waals surface area contributed by atoms with Crippen LogP contribution in [0.25, 0.3) is 0 Å². The van der Waals surface area contributed by atoms with Gasteiger partial charge in [-0.1, -0.05) is 6.42 Å². The van der Waals surface area contributed by atoms with Crippen molar-refractivity contribution in [3.8, 4) is 0 Å². The van der Waals surface area contributed by atoms with Gasteiger partial charge in [-0.25, -0.2) is 19.2 Å². The molecule has 2 aliphatic carbocycles. The highest BCUT2D eigenvalue weighted by Gasteiger charge is 2.54. The molecule has 0 aliphatic heterocycles. The van der Waals surface area contributed by atoms with Crippen molar-refractivity contribution in [2.45, 2.75) is 244 Å². The molecule has 0 spiro atoms. The van der Waals surface area contributed by atoms with Gasteiger partial charge >= 0.3 is 77.6 Å². The second-order valence-electron chi connectivity index (χ2n) is 24.5. The normalized spacial score (nSPS) is 12.9. The van der Waals surface area contributed by atoms with E-state index in [-0.39, 0.29) is 89.9 Å². The number of carboxylic acid groups (broad SMARTS) is 13. The van der Waals surface area contributed by atoms with Gasteiger partial charge in [0.1, 0.15) is 99.3 Å². The van der Waals surface area contributed by atoms with Crippen LogP contribution in [0, 0.1) is 22.2 Å². The highest BCUT2D eigenvalue weighted by Crippen LogP contribution is 2.46. The number of aliphatic hydroxyl groups is 5. The molecule has 0 amide bonds. The van der Waals surface area contributed by atoms with Crippen LogP contribution in [0.4, 0.5) is 0 Å². The molecule has 115 heavy (non-hydrogen) atoms. The van der Waals surface area contributed by atoms with Crippen molar-refractivity contribution in [2.24, 2.45) is 22.2 Å². The summed E-state index contributed by atoms with van der Waals surface area (Å²) in [5.74, 6) is -19.0. The van der Waals surface area contributed by atoms with Crippen LogP contribution >= 0.6 is 0 Å². The monoisotopic (exact) mass is 1660 g/mol. The maximum Gasteiger partial charge on any atom is 0.371 e. The summed E-state index contributed by atoms with van der Waals surface area (Å²) in [7, 11) is 0. The zero-order valence-corrected chi connectivity index (χ0v) is 66.3. The van der Waals surface area contributed by atoms with Gasteiger partial charge in [0.05, 0.1) is 12.8 Å². The van der Waals surface area contributed by atoms with Gasteiger partial charge < -0.3 is 106 Å². The van der Waals surface area contributed by atoms with Gasteiger partial charge in [-0.05, 0) is 161 Å². The number of carboxylic acids is 13. The molecule has 0 radical (unpaired) electrons. The topological polar surface area (TPSA) is 808 Å². The van der Waals surface area contributed by atoms with E-state index < -0.39 is 154 Å². The molecule has 0 heterocycles. The lowest BCUT2D eigenvalue weighted by molar-refractivity contribution is -0.165. The number of carbonyl (C=O) groups is 26. The van der Waals surface area contributed by atoms with E-state index in [2.05, 4.69) is 0 Å². The standard InChI is InChI=1S/C7H12O7.C7H10O3.C7H12O3.C6H8O3.2C6H10O3.C5H8O4.C5H8O3.2C5H6O3.C5H8O3.C4H6O3.C3H4O3/c1-2(8)3(9)4(10)5(11)6(12)7(13)14;1-5(8)7(6(9)10)3-2-4-7;1-6(8)4-2-3-5-7(9)10;1-4(7)6(2-3-6)5(8)9;1-4(7)6(2,3)5(8)9;1-5(7)3-2-4-6(8)9;1-3(6)4(7)2-5(8)9;3*1-4(6)2-3-5(7)8;1-3(4(2)6)5(7)8;1-3(5)2-4(6)7;1-2(4)3(5)6/h3-6,9-12H,1H3,(H,13,14);2-4H2,1H3,(H,9,10);2-5H2,1H3,(H,9,10);2-3H2,1H3,(H,8,9);1-3H3,(H,8,9);2-4H2,1H3,(H,8,9);4,7H,2H2,1H3,(H,8,9);2-3H2,1H3,(H,7,8);2*2-3H,1H3,(H,7,8);3H,1-2H3,(H,7,8);2H2,1H3,(H,6,7);1H3,(H,5,6)/b;;;;;;;;3-2+;3-2-;;;. The highest BCUT2D eigenvalue weighted by molar-refractivity contribution is 6.31. The molecule has 6 atom stereocenters. The van der Waals surface area contributed by atoms with Crippen molar-refractivity contribution in [3.05, 3.63) is 24.3 Å². The molecule has 6 unspecified atom stereocenters. The summed E-state index contributed by atoms with van der Waals surface area (Å²) < 4.78 is 0. The first kappa shape index (κ1) is 127. The molecule has 0 saturated heterocycles. The fraction of sp³-hybridized carbons (Fsp3) is 0.577. The van der Waals surface area contributed by atoms with Crippen LogP contribution in [0.3, 0.4) is 0 Å². The minimum absolute atomic E-state index is 0.0463. The minimum Gasteiger partial charge on any atom is -0.481 e. The van der Waals surface area contributed by atoms with Crippen molar-refractivity contribution in [2.75, 3.05) is 0 Å². The summed E-state index contributed by atoms with van der Waals surface area (Å²) in [6, 6.07) is 0. The Kier molecular flexibility index (Phi) is 77.1. The highest BCUT2D eigenvalue weighted by atomic mass is 16.4. The van der Waals surface area contributed by atoms with Crippen molar-refractivity contribution in [1.29, 1.82) is 0 Å². The average molecular weight is 1670 g/mol. The number of carbonyl (C=O) groups excluding carboxylic acids is 13. The summed E-state index contributed by atoms with van der Waals surface area (Å²) in [6.45, 7) is 20.6. The molecule has 2 saturated carbocycles. The van der Waals surface area contributed by atoms with Gasteiger partial charge in [0.15, 0.2) is 29.2 Å². The van der Waals surface area contributed by atoms with Crippen LogP contribution in [0.2, 0.25) is 0 Å². The summed E-state index contributed by atoms with van der Waals surface area (Å²) >= 11 is 0. The minimum atomic E-state index is -2.25. The van der Waals surface area contributed by atoms with E-state index >= 15 is 0 Å². The molecule has 44 heteroatoms. The van der Waals surface area contributed by atoms with Crippen LogP contribution in [-0.4, -0.2) is 275 Å². The van der Waals surface area contributed by atoms with E-state index in [1.807, 2.05) is 0 Å². The van der Waals surface area contributed by atoms with Crippen molar-refractivity contribution in [1.82, 2.24) is 0 Å². The largest absolute Gasteiger partial charge is 0.481 e. The number of hydrogen-bond donors (Lipinski definition) is 18. The van der Waals surface area contributed by atoms with Gasteiger partial charge in [-0.2, -0.15) is 0 Å². The molecule has 0 aromatic heterocycles. The number of ketones is 13. The second kappa shape index (κ2) is 70.0. The van der Waals surface area contributed by atoms with E-state index in [1.165, 1.54) is 90.0 Å². The number of aliphatic hydroxyl groups excluding tert-OH is 5. The van der Waals surface area contributed by atoms with Crippen LogP contribution in [0.15, 0.2) is 24.3 Å². The third-order valence-corrected chi connectivity index (χ3v) is 13.4. The lowest BCUT2D eigenvalue weighted by Gasteiger charge is -2.34. The Hall–Kier alpha value is -11.9. The SMILES string of the molecule is CC(=O)/C=C/C(=O)O.CC(=O)/C=C\C(=O)O.CC(=O)C(=O)O.CC(=O)C(C)(C)C(=O)O.CC(=O)C(C)C(=O)O.CC(=O)C(O)C(O)C(O)C(O)C(=O)O.CC(=O)C(O)CC(=O)O.CC(=O)C1(C(=O)O)CC1.CC(=O)C1(C(=O)O)CCC1.CC(=O)CC(=O)O.CC(=O)CCC(=O)O.CC(=O)CCCC(=O)O.CC(=O)CCCCC(=O)O. The van der Waals surface area contributed by atoms with Crippen LogP contribution in [0.1, 0.15) is 214 Å². The third kappa shape index (κ3) is 85.9. The number of rotatable bonds is 35. The Morgan fingerprint density at radius 1 is 0.357 bits per heavy atom. The van der Waals surface area contributed by atoms with E-state index in [0.29, 0.717) is 57.8 Å². The molecular weight excluding hydrogens is 1560 g/mol. The Labute approximate surface area is 657 Å². The molecule has 0 aromatic carbocycles. The smallest absolute Gasteiger partial charge is 0.371 e. The molecule has 2 rings (SSSR count).